The first-order valence-corrected chi connectivity index (χ1v) is 5.64. The molecule has 1 heterocycles. The predicted molar refractivity (Wildman–Crippen MR) is 64.8 cm³/mol. The van der Waals surface area contributed by atoms with Crippen LogP contribution in [0.4, 0.5) is 10.1 Å². The van der Waals surface area contributed by atoms with Gasteiger partial charge in [-0.2, -0.15) is 5.10 Å². The summed E-state index contributed by atoms with van der Waals surface area (Å²) in [6, 6.07) is 5.13. The van der Waals surface area contributed by atoms with Gasteiger partial charge in [0.25, 0.3) is 0 Å². The molecule has 84 valence electrons. The quantitative estimate of drug-likeness (QED) is 0.908. The first kappa shape index (κ1) is 11.1. The van der Waals surface area contributed by atoms with E-state index in [9.17, 15) is 4.39 Å². The molecule has 0 unspecified atom stereocenters. The molecule has 0 atom stereocenters. The maximum atomic E-state index is 13.2. The van der Waals surface area contributed by atoms with E-state index in [1.165, 1.54) is 6.07 Å². The van der Waals surface area contributed by atoms with Crippen LogP contribution in [-0.2, 0) is 6.54 Å². The Kier molecular flexibility index (Phi) is 3.24. The number of nitrogens with zero attached hydrogens (tertiary/aromatic N) is 1. The van der Waals surface area contributed by atoms with Gasteiger partial charge in [0, 0.05) is 11.9 Å². The van der Waals surface area contributed by atoms with Gasteiger partial charge in [-0.25, -0.2) is 4.39 Å². The highest BCUT2D eigenvalue weighted by Gasteiger charge is 2.05. The van der Waals surface area contributed by atoms with Gasteiger partial charge in [0.1, 0.15) is 5.82 Å². The lowest BCUT2D eigenvalue weighted by Crippen LogP contribution is -2.02. The molecule has 16 heavy (non-hydrogen) atoms. The van der Waals surface area contributed by atoms with E-state index < -0.39 is 0 Å². The monoisotopic (exact) mass is 283 g/mol. The molecular formula is C11H11BrFN3. The van der Waals surface area contributed by atoms with Crippen molar-refractivity contribution in [3.05, 3.63) is 45.9 Å². The average molecular weight is 284 g/mol. The molecule has 0 amide bonds. The fourth-order valence-corrected chi connectivity index (χ4v) is 1.75. The molecule has 0 fully saturated rings. The molecule has 0 aliphatic carbocycles. The molecule has 2 rings (SSSR count). The number of aryl methyl sites for hydroxylation is 1. The molecular weight excluding hydrogens is 273 g/mol. The Hall–Kier alpha value is -1.36. The van der Waals surface area contributed by atoms with Crippen LogP contribution in [0.2, 0.25) is 0 Å². The Morgan fingerprint density at radius 2 is 2.31 bits per heavy atom. The minimum absolute atomic E-state index is 0.246. The normalized spacial score (nSPS) is 10.4. The lowest BCUT2D eigenvalue weighted by atomic mass is 10.2. The Bertz CT molecular complexity index is 482. The zero-order valence-electron chi connectivity index (χ0n) is 8.72. The Morgan fingerprint density at radius 3 is 3.00 bits per heavy atom. The Morgan fingerprint density at radius 1 is 1.50 bits per heavy atom. The van der Waals surface area contributed by atoms with E-state index in [2.05, 4.69) is 31.4 Å². The molecule has 0 saturated heterocycles. The largest absolute Gasteiger partial charge is 0.379 e. The third-order valence-corrected chi connectivity index (χ3v) is 2.90. The van der Waals surface area contributed by atoms with Crippen LogP contribution in [-0.4, -0.2) is 10.2 Å². The molecule has 0 saturated carbocycles. The lowest BCUT2D eigenvalue weighted by Gasteiger charge is -2.09. The van der Waals surface area contributed by atoms with Gasteiger partial charge in [-0.05, 0) is 46.6 Å². The highest BCUT2D eigenvalue weighted by molar-refractivity contribution is 9.10. The summed E-state index contributed by atoms with van der Waals surface area (Å²) < 4.78 is 13.6. The molecule has 1 aromatic heterocycles. The van der Waals surface area contributed by atoms with E-state index in [0.717, 1.165) is 16.9 Å². The van der Waals surface area contributed by atoms with Crippen molar-refractivity contribution in [2.75, 3.05) is 5.32 Å². The summed E-state index contributed by atoms with van der Waals surface area (Å²) in [7, 11) is 0. The van der Waals surface area contributed by atoms with Crippen molar-refractivity contribution in [2.45, 2.75) is 13.5 Å². The van der Waals surface area contributed by atoms with E-state index in [1.807, 2.05) is 13.0 Å². The lowest BCUT2D eigenvalue weighted by molar-refractivity contribution is 0.620. The first-order valence-electron chi connectivity index (χ1n) is 4.84. The van der Waals surface area contributed by atoms with Gasteiger partial charge in [-0.3, -0.25) is 5.10 Å². The molecule has 0 aliphatic rings. The van der Waals surface area contributed by atoms with E-state index >= 15 is 0 Å². The number of H-pyrrole nitrogens is 1. The number of halogens is 2. The molecule has 0 spiro atoms. The van der Waals surface area contributed by atoms with Crippen LogP contribution in [0.15, 0.2) is 28.9 Å². The fraction of sp³-hybridized carbons (Fsp3) is 0.182. The fourth-order valence-electron chi connectivity index (χ4n) is 1.41. The highest BCUT2D eigenvalue weighted by Crippen LogP contribution is 2.24. The van der Waals surface area contributed by atoms with Gasteiger partial charge in [0.15, 0.2) is 0 Å². The molecule has 0 bridgehead atoms. The van der Waals surface area contributed by atoms with Gasteiger partial charge < -0.3 is 5.32 Å². The van der Waals surface area contributed by atoms with E-state index in [4.69, 9.17) is 0 Å². The van der Waals surface area contributed by atoms with Crippen molar-refractivity contribution >= 4 is 21.6 Å². The number of anilines is 1. The summed E-state index contributed by atoms with van der Waals surface area (Å²) in [6.07, 6.45) is 1.70. The number of rotatable bonds is 3. The molecule has 0 aliphatic heterocycles. The summed E-state index contributed by atoms with van der Waals surface area (Å²) in [6.45, 7) is 2.50. The predicted octanol–water partition coefficient (Wildman–Crippen LogP) is 3.23. The number of aromatic nitrogens is 2. The maximum absolute atomic E-state index is 13.2. The second kappa shape index (κ2) is 4.65. The van der Waals surface area contributed by atoms with Crippen molar-refractivity contribution in [1.29, 1.82) is 0 Å². The molecule has 5 heteroatoms. The topological polar surface area (TPSA) is 40.7 Å². The van der Waals surface area contributed by atoms with Crippen LogP contribution >= 0.6 is 15.9 Å². The van der Waals surface area contributed by atoms with E-state index in [-0.39, 0.29) is 5.82 Å². The van der Waals surface area contributed by atoms with E-state index in [1.54, 1.807) is 12.3 Å². The van der Waals surface area contributed by atoms with Crippen LogP contribution < -0.4 is 5.32 Å². The third kappa shape index (κ3) is 2.41. The van der Waals surface area contributed by atoms with Crippen LogP contribution in [0.5, 0.6) is 0 Å². The molecule has 3 nitrogen and oxygen atoms in total. The van der Waals surface area contributed by atoms with Gasteiger partial charge in [-0.15, -0.1) is 0 Å². The summed E-state index contributed by atoms with van der Waals surface area (Å²) in [5.41, 5.74) is 2.77. The summed E-state index contributed by atoms with van der Waals surface area (Å²) in [4.78, 5) is 0. The second-order valence-corrected chi connectivity index (χ2v) is 4.37. The number of aromatic amines is 1. The number of hydrogen-bond acceptors (Lipinski definition) is 2. The number of benzene rings is 1. The van der Waals surface area contributed by atoms with Gasteiger partial charge in [0.2, 0.25) is 0 Å². The maximum Gasteiger partial charge on any atom is 0.137 e. The Labute approximate surface area is 101 Å². The highest BCUT2D eigenvalue weighted by atomic mass is 79.9. The second-order valence-electron chi connectivity index (χ2n) is 3.52. The summed E-state index contributed by atoms with van der Waals surface area (Å²) >= 11 is 3.16. The van der Waals surface area contributed by atoms with Crippen LogP contribution in [0.1, 0.15) is 11.3 Å². The number of hydrogen-bond donors (Lipinski definition) is 2. The molecule has 2 N–H and O–H groups in total. The molecule has 0 radical (unpaired) electrons. The van der Waals surface area contributed by atoms with Crippen LogP contribution in [0.3, 0.4) is 0 Å². The van der Waals surface area contributed by atoms with Gasteiger partial charge >= 0.3 is 0 Å². The SMILES string of the molecule is Cc1cc(F)c(Br)cc1NCc1ccn[nH]1. The standard InChI is InChI=1S/C11H11BrFN3/c1-7-4-10(13)9(12)5-11(7)14-6-8-2-3-15-16-8/h2-5,14H,6H2,1H3,(H,15,16). The summed E-state index contributed by atoms with van der Waals surface area (Å²) in [5, 5.41) is 9.92. The van der Waals surface area contributed by atoms with Crippen molar-refractivity contribution < 1.29 is 4.39 Å². The van der Waals surface area contributed by atoms with Crippen molar-refractivity contribution in [3.8, 4) is 0 Å². The first-order chi connectivity index (χ1) is 7.66. The van der Waals surface area contributed by atoms with E-state index in [0.29, 0.717) is 11.0 Å². The van der Waals surface area contributed by atoms with Crippen molar-refractivity contribution in [2.24, 2.45) is 0 Å². The van der Waals surface area contributed by atoms with Crippen LogP contribution in [0.25, 0.3) is 0 Å². The van der Waals surface area contributed by atoms with Crippen LogP contribution in [0, 0.1) is 12.7 Å². The van der Waals surface area contributed by atoms with Gasteiger partial charge in [0.05, 0.1) is 16.7 Å². The van der Waals surface area contributed by atoms with Gasteiger partial charge in [-0.1, -0.05) is 0 Å². The minimum atomic E-state index is -0.246. The molecule has 1 aromatic carbocycles. The molecule has 2 aromatic rings. The third-order valence-electron chi connectivity index (χ3n) is 2.29. The summed E-state index contributed by atoms with van der Waals surface area (Å²) in [5.74, 6) is -0.246. The zero-order chi connectivity index (χ0) is 11.5. The average Bonchev–Trinajstić information content (AvgIpc) is 2.74. The Balaban J connectivity index is 2.12. The van der Waals surface area contributed by atoms with Crippen molar-refractivity contribution in [1.82, 2.24) is 10.2 Å². The minimum Gasteiger partial charge on any atom is -0.379 e. The van der Waals surface area contributed by atoms with Crippen molar-refractivity contribution in [3.63, 3.8) is 0 Å². The number of nitrogens with one attached hydrogen (secondary N) is 2. The zero-order valence-corrected chi connectivity index (χ0v) is 10.3. The smallest absolute Gasteiger partial charge is 0.137 e.